The van der Waals surface area contributed by atoms with Crippen molar-refractivity contribution < 1.29 is 19.5 Å². The number of amides is 2. The molecular formula is C17H22N2O4. The quantitative estimate of drug-likeness (QED) is 0.866. The van der Waals surface area contributed by atoms with Gasteiger partial charge in [0.1, 0.15) is 6.04 Å². The summed E-state index contributed by atoms with van der Waals surface area (Å²) >= 11 is 0. The lowest BCUT2D eigenvalue weighted by molar-refractivity contribution is -0.142. The van der Waals surface area contributed by atoms with Crippen LogP contribution in [0.15, 0.2) is 24.3 Å². The van der Waals surface area contributed by atoms with Crippen molar-refractivity contribution in [3.05, 3.63) is 35.4 Å². The summed E-state index contributed by atoms with van der Waals surface area (Å²) < 4.78 is 0. The van der Waals surface area contributed by atoms with E-state index in [1.807, 2.05) is 0 Å². The predicted molar refractivity (Wildman–Crippen MR) is 84.9 cm³/mol. The fourth-order valence-corrected chi connectivity index (χ4v) is 2.78. The lowest BCUT2D eigenvalue weighted by atomic mass is 10.0. The fourth-order valence-electron chi connectivity index (χ4n) is 2.78. The van der Waals surface area contributed by atoms with Gasteiger partial charge in [-0.05, 0) is 37.0 Å². The third-order valence-electron chi connectivity index (χ3n) is 4.10. The zero-order valence-corrected chi connectivity index (χ0v) is 13.2. The number of rotatable bonds is 5. The van der Waals surface area contributed by atoms with Crippen LogP contribution < -0.4 is 5.32 Å². The zero-order chi connectivity index (χ0) is 16.8. The molecule has 2 N–H and O–H groups in total. The minimum Gasteiger partial charge on any atom is -0.478 e. The fraction of sp³-hybridized carbons (Fsp3) is 0.471. The molecule has 0 radical (unpaired) electrons. The maximum absolute atomic E-state index is 12.4. The highest BCUT2D eigenvalue weighted by Crippen LogP contribution is 2.18. The van der Waals surface area contributed by atoms with E-state index in [0.29, 0.717) is 25.9 Å². The largest absolute Gasteiger partial charge is 0.478 e. The standard InChI is InChI=1S/C17H22N2O4/c1-2-15(20)19-10-4-3-5-14(19)16(21)18-11-12-6-8-13(9-7-12)17(22)23/h6-9,14H,2-5,10-11H2,1H3,(H,18,21)(H,22,23). The number of carbonyl (C=O) groups is 3. The number of hydrogen-bond donors (Lipinski definition) is 2. The van der Waals surface area contributed by atoms with Gasteiger partial charge in [-0.2, -0.15) is 0 Å². The second-order valence-electron chi connectivity index (χ2n) is 5.67. The number of carboxylic acids is 1. The number of benzene rings is 1. The second kappa shape index (κ2) is 7.76. The molecule has 0 bridgehead atoms. The Morgan fingerprint density at radius 3 is 2.52 bits per heavy atom. The van der Waals surface area contributed by atoms with Crippen LogP contribution in [0.3, 0.4) is 0 Å². The molecule has 6 nitrogen and oxygen atoms in total. The number of carbonyl (C=O) groups excluding carboxylic acids is 2. The van der Waals surface area contributed by atoms with E-state index in [4.69, 9.17) is 5.11 Å². The molecule has 0 aliphatic carbocycles. The number of hydrogen-bond acceptors (Lipinski definition) is 3. The molecule has 1 atom stereocenters. The van der Waals surface area contributed by atoms with Gasteiger partial charge in [0.05, 0.1) is 5.56 Å². The van der Waals surface area contributed by atoms with Crippen molar-refractivity contribution in [1.29, 1.82) is 0 Å². The van der Waals surface area contributed by atoms with Gasteiger partial charge in [-0.3, -0.25) is 9.59 Å². The average Bonchev–Trinajstić information content (AvgIpc) is 2.59. The smallest absolute Gasteiger partial charge is 0.335 e. The van der Waals surface area contributed by atoms with Crippen molar-refractivity contribution in [3.63, 3.8) is 0 Å². The molecule has 1 saturated heterocycles. The summed E-state index contributed by atoms with van der Waals surface area (Å²) in [6.45, 7) is 2.76. The molecule has 1 fully saturated rings. The number of aromatic carboxylic acids is 1. The predicted octanol–water partition coefficient (Wildman–Crippen LogP) is 1.79. The van der Waals surface area contributed by atoms with Crippen LogP contribution in [0.25, 0.3) is 0 Å². The van der Waals surface area contributed by atoms with Crippen molar-refractivity contribution in [3.8, 4) is 0 Å². The first kappa shape index (κ1) is 17.0. The van der Waals surface area contributed by atoms with Gasteiger partial charge in [-0.1, -0.05) is 19.1 Å². The molecule has 2 amide bonds. The Bertz CT molecular complexity index is 583. The molecule has 1 aliphatic rings. The number of carboxylic acid groups (broad SMARTS) is 1. The minimum absolute atomic E-state index is 0.00987. The van der Waals surface area contributed by atoms with Crippen LogP contribution in [0.1, 0.15) is 48.5 Å². The normalized spacial score (nSPS) is 17.6. The van der Waals surface area contributed by atoms with Gasteiger partial charge >= 0.3 is 5.97 Å². The zero-order valence-electron chi connectivity index (χ0n) is 13.2. The van der Waals surface area contributed by atoms with Crippen LogP contribution in [0, 0.1) is 0 Å². The highest BCUT2D eigenvalue weighted by Gasteiger charge is 2.30. The second-order valence-corrected chi connectivity index (χ2v) is 5.67. The van der Waals surface area contributed by atoms with E-state index in [1.165, 1.54) is 12.1 Å². The Labute approximate surface area is 135 Å². The first-order valence-corrected chi connectivity index (χ1v) is 7.92. The third-order valence-corrected chi connectivity index (χ3v) is 4.10. The van der Waals surface area contributed by atoms with Crippen LogP contribution in [0.4, 0.5) is 0 Å². The van der Waals surface area contributed by atoms with E-state index in [0.717, 1.165) is 18.4 Å². The van der Waals surface area contributed by atoms with Crippen molar-refractivity contribution in [1.82, 2.24) is 10.2 Å². The van der Waals surface area contributed by atoms with E-state index >= 15 is 0 Å². The molecule has 1 unspecified atom stereocenters. The summed E-state index contributed by atoms with van der Waals surface area (Å²) in [6.07, 6.45) is 2.97. The Morgan fingerprint density at radius 2 is 1.91 bits per heavy atom. The SMILES string of the molecule is CCC(=O)N1CCCCC1C(=O)NCc1ccc(C(=O)O)cc1. The summed E-state index contributed by atoms with van der Waals surface area (Å²) in [6, 6.07) is 5.99. The minimum atomic E-state index is -0.975. The first-order valence-electron chi connectivity index (χ1n) is 7.92. The van der Waals surface area contributed by atoms with Crippen molar-refractivity contribution in [2.75, 3.05) is 6.54 Å². The maximum Gasteiger partial charge on any atom is 0.335 e. The van der Waals surface area contributed by atoms with Crippen LogP contribution in [-0.4, -0.2) is 40.4 Å². The molecule has 1 aromatic carbocycles. The van der Waals surface area contributed by atoms with Gasteiger partial charge in [0.2, 0.25) is 11.8 Å². The van der Waals surface area contributed by atoms with Gasteiger partial charge in [0, 0.05) is 19.5 Å². The first-order chi connectivity index (χ1) is 11.0. The van der Waals surface area contributed by atoms with Gasteiger partial charge < -0.3 is 15.3 Å². The van der Waals surface area contributed by atoms with E-state index in [1.54, 1.807) is 24.0 Å². The van der Waals surface area contributed by atoms with Gasteiger partial charge in [-0.25, -0.2) is 4.79 Å². The van der Waals surface area contributed by atoms with Gasteiger partial charge in [0.25, 0.3) is 0 Å². The molecule has 0 saturated carbocycles. The topological polar surface area (TPSA) is 86.7 Å². The number of piperidine rings is 1. The Morgan fingerprint density at radius 1 is 1.22 bits per heavy atom. The van der Waals surface area contributed by atoms with E-state index in [-0.39, 0.29) is 17.4 Å². The van der Waals surface area contributed by atoms with Crippen molar-refractivity contribution in [2.24, 2.45) is 0 Å². The van der Waals surface area contributed by atoms with Crippen LogP contribution in [0.5, 0.6) is 0 Å². The van der Waals surface area contributed by atoms with E-state index in [9.17, 15) is 14.4 Å². The molecule has 6 heteroatoms. The highest BCUT2D eigenvalue weighted by atomic mass is 16.4. The van der Waals surface area contributed by atoms with Crippen LogP contribution in [-0.2, 0) is 16.1 Å². The Balaban J connectivity index is 1.94. The Kier molecular flexibility index (Phi) is 5.73. The molecule has 2 rings (SSSR count). The summed E-state index contributed by atoms with van der Waals surface area (Å²) in [5.74, 6) is -1.11. The molecule has 1 aromatic rings. The Hall–Kier alpha value is -2.37. The molecule has 1 heterocycles. The number of nitrogens with one attached hydrogen (secondary N) is 1. The van der Waals surface area contributed by atoms with Crippen molar-refractivity contribution >= 4 is 17.8 Å². The third kappa shape index (κ3) is 4.31. The molecule has 0 aromatic heterocycles. The number of likely N-dealkylation sites (tertiary alicyclic amines) is 1. The average molecular weight is 318 g/mol. The summed E-state index contributed by atoms with van der Waals surface area (Å²) in [5.41, 5.74) is 1.04. The summed E-state index contributed by atoms with van der Waals surface area (Å²) in [5, 5.41) is 11.7. The molecule has 1 aliphatic heterocycles. The molecular weight excluding hydrogens is 296 g/mol. The van der Waals surface area contributed by atoms with Crippen LogP contribution >= 0.6 is 0 Å². The molecule has 0 spiro atoms. The lowest BCUT2D eigenvalue weighted by Crippen LogP contribution is -2.51. The number of nitrogens with zero attached hydrogens (tertiary/aromatic N) is 1. The highest BCUT2D eigenvalue weighted by molar-refractivity contribution is 5.88. The van der Waals surface area contributed by atoms with Crippen LogP contribution in [0.2, 0.25) is 0 Å². The van der Waals surface area contributed by atoms with Gasteiger partial charge in [0.15, 0.2) is 0 Å². The monoisotopic (exact) mass is 318 g/mol. The maximum atomic E-state index is 12.4. The lowest BCUT2D eigenvalue weighted by Gasteiger charge is -2.34. The molecule has 124 valence electrons. The van der Waals surface area contributed by atoms with Gasteiger partial charge in [-0.15, -0.1) is 0 Å². The van der Waals surface area contributed by atoms with E-state index < -0.39 is 12.0 Å². The summed E-state index contributed by atoms with van der Waals surface area (Å²) in [4.78, 5) is 36.8. The van der Waals surface area contributed by atoms with Crippen molar-refractivity contribution in [2.45, 2.75) is 45.2 Å². The molecule has 23 heavy (non-hydrogen) atoms. The summed E-state index contributed by atoms with van der Waals surface area (Å²) in [7, 11) is 0. The van der Waals surface area contributed by atoms with E-state index in [2.05, 4.69) is 5.32 Å².